The standard InChI is InChI=1S/C20H20F3N5O2/c1-24-19(29)10-3-5-13-12(7-10)16-17(27-13)25-9-26-18(16)28-14-8-11(20(21,22)23)4-6-15(14)30-2/h4,6,8-10H,3,5,7H2,1-2H3,(H,24,29)(H2,25,26,27,28)/t10-/m0/s1. The zero-order chi connectivity index (χ0) is 21.5. The second kappa shape index (κ2) is 7.51. The molecule has 0 fully saturated rings. The van der Waals surface area contributed by atoms with Gasteiger partial charge >= 0.3 is 6.18 Å². The number of rotatable bonds is 4. The lowest BCUT2D eigenvalue weighted by atomic mass is 9.86. The van der Waals surface area contributed by atoms with Gasteiger partial charge in [0.05, 0.1) is 23.7 Å². The summed E-state index contributed by atoms with van der Waals surface area (Å²) in [5.41, 5.74) is 1.78. The lowest BCUT2D eigenvalue weighted by Gasteiger charge is -2.21. The summed E-state index contributed by atoms with van der Waals surface area (Å²) in [6.45, 7) is 0. The van der Waals surface area contributed by atoms with Crippen molar-refractivity contribution in [3.63, 3.8) is 0 Å². The van der Waals surface area contributed by atoms with Crippen LogP contribution in [0, 0.1) is 5.92 Å². The number of anilines is 2. The fourth-order valence-electron chi connectivity index (χ4n) is 3.87. The summed E-state index contributed by atoms with van der Waals surface area (Å²) in [5.74, 6) is 0.383. The van der Waals surface area contributed by atoms with Crippen LogP contribution in [0.5, 0.6) is 5.75 Å². The molecule has 30 heavy (non-hydrogen) atoms. The molecule has 0 saturated carbocycles. The van der Waals surface area contributed by atoms with Crippen LogP contribution in [-0.4, -0.2) is 35.0 Å². The number of alkyl halides is 3. The van der Waals surface area contributed by atoms with Crippen molar-refractivity contribution in [1.82, 2.24) is 20.3 Å². The molecular weight excluding hydrogens is 399 g/mol. The molecule has 1 aromatic carbocycles. The number of benzene rings is 1. The molecule has 2 heterocycles. The highest BCUT2D eigenvalue weighted by Crippen LogP contribution is 2.39. The van der Waals surface area contributed by atoms with E-state index in [2.05, 4.69) is 25.6 Å². The summed E-state index contributed by atoms with van der Waals surface area (Å²) in [5, 5.41) is 6.32. The van der Waals surface area contributed by atoms with E-state index in [1.54, 1.807) is 7.05 Å². The molecule has 158 valence electrons. The number of carbonyl (C=O) groups excluding carboxylic acids is 1. The van der Waals surface area contributed by atoms with Crippen LogP contribution in [0.2, 0.25) is 0 Å². The van der Waals surface area contributed by atoms with Gasteiger partial charge in [-0.3, -0.25) is 4.79 Å². The minimum atomic E-state index is -4.49. The van der Waals surface area contributed by atoms with Gasteiger partial charge in [-0.05, 0) is 43.0 Å². The molecule has 0 saturated heterocycles. The van der Waals surface area contributed by atoms with Crippen molar-refractivity contribution < 1.29 is 22.7 Å². The van der Waals surface area contributed by atoms with Crippen molar-refractivity contribution in [3.05, 3.63) is 41.3 Å². The predicted octanol–water partition coefficient (Wildman–Crippen LogP) is 3.58. The molecule has 0 unspecified atom stereocenters. The van der Waals surface area contributed by atoms with E-state index in [0.29, 0.717) is 36.1 Å². The van der Waals surface area contributed by atoms with Crippen molar-refractivity contribution in [3.8, 4) is 5.75 Å². The molecule has 1 aliphatic carbocycles. The van der Waals surface area contributed by atoms with Crippen molar-refractivity contribution >= 4 is 28.4 Å². The van der Waals surface area contributed by atoms with Crippen LogP contribution in [0.4, 0.5) is 24.7 Å². The van der Waals surface area contributed by atoms with Crippen LogP contribution in [0.3, 0.4) is 0 Å². The molecule has 3 aromatic rings. The summed E-state index contributed by atoms with van der Waals surface area (Å²) in [7, 11) is 2.98. The number of hydrogen-bond acceptors (Lipinski definition) is 5. The molecule has 1 amide bonds. The van der Waals surface area contributed by atoms with E-state index < -0.39 is 11.7 Å². The smallest absolute Gasteiger partial charge is 0.416 e. The Morgan fingerprint density at radius 1 is 1.30 bits per heavy atom. The molecular formula is C20H20F3N5O2. The van der Waals surface area contributed by atoms with Gasteiger partial charge in [0.1, 0.15) is 23.5 Å². The number of carbonyl (C=O) groups is 1. The Labute approximate surface area is 170 Å². The molecule has 0 radical (unpaired) electrons. The van der Waals surface area contributed by atoms with Gasteiger partial charge in [-0.25, -0.2) is 9.97 Å². The van der Waals surface area contributed by atoms with Gasteiger partial charge < -0.3 is 20.4 Å². The van der Waals surface area contributed by atoms with Crippen LogP contribution < -0.4 is 15.4 Å². The number of nitrogens with one attached hydrogen (secondary N) is 3. The Morgan fingerprint density at radius 2 is 2.10 bits per heavy atom. The minimum Gasteiger partial charge on any atom is -0.495 e. The van der Waals surface area contributed by atoms with Crippen LogP contribution in [0.15, 0.2) is 24.5 Å². The van der Waals surface area contributed by atoms with Gasteiger partial charge in [0, 0.05) is 18.7 Å². The number of hydrogen-bond donors (Lipinski definition) is 3. The van der Waals surface area contributed by atoms with Gasteiger partial charge in [-0.1, -0.05) is 0 Å². The molecule has 2 aromatic heterocycles. The number of amides is 1. The van der Waals surface area contributed by atoms with Crippen molar-refractivity contribution in [2.75, 3.05) is 19.5 Å². The first-order valence-corrected chi connectivity index (χ1v) is 9.40. The fraction of sp³-hybridized carbons (Fsp3) is 0.350. The minimum absolute atomic E-state index is 0.0408. The Morgan fingerprint density at radius 3 is 2.80 bits per heavy atom. The molecule has 0 bridgehead atoms. The van der Waals surface area contributed by atoms with Crippen molar-refractivity contribution in [1.29, 1.82) is 0 Å². The van der Waals surface area contributed by atoms with Crippen molar-refractivity contribution in [2.45, 2.75) is 25.4 Å². The molecule has 10 heteroatoms. The number of ether oxygens (including phenoxy) is 1. The third kappa shape index (κ3) is 3.53. The number of aromatic nitrogens is 3. The quantitative estimate of drug-likeness (QED) is 0.601. The maximum absolute atomic E-state index is 13.2. The van der Waals surface area contributed by atoms with Gasteiger partial charge in [0.25, 0.3) is 0 Å². The number of halogens is 3. The van der Waals surface area contributed by atoms with E-state index in [-0.39, 0.29) is 23.3 Å². The maximum Gasteiger partial charge on any atom is 0.416 e. The van der Waals surface area contributed by atoms with Gasteiger partial charge in [0.15, 0.2) is 0 Å². The van der Waals surface area contributed by atoms with Gasteiger partial charge in [-0.2, -0.15) is 13.2 Å². The number of methoxy groups -OCH3 is 1. The Bertz CT molecular complexity index is 1110. The summed E-state index contributed by atoms with van der Waals surface area (Å²) in [6.07, 6.45) is -1.27. The number of H-pyrrole nitrogens is 1. The van der Waals surface area contributed by atoms with Crippen molar-refractivity contribution in [2.24, 2.45) is 5.92 Å². The zero-order valence-corrected chi connectivity index (χ0v) is 16.4. The molecule has 4 rings (SSSR count). The first-order valence-electron chi connectivity index (χ1n) is 9.40. The molecule has 3 N–H and O–H groups in total. The highest BCUT2D eigenvalue weighted by Gasteiger charge is 2.32. The van der Waals surface area contributed by atoms with Gasteiger partial charge in [-0.15, -0.1) is 0 Å². The second-order valence-corrected chi connectivity index (χ2v) is 7.12. The summed E-state index contributed by atoms with van der Waals surface area (Å²) >= 11 is 0. The average Bonchev–Trinajstić information content (AvgIpc) is 3.11. The van der Waals surface area contributed by atoms with E-state index in [4.69, 9.17) is 4.74 Å². The third-order valence-corrected chi connectivity index (χ3v) is 5.37. The Balaban J connectivity index is 1.78. The number of fused-ring (bicyclic) bond motifs is 3. The predicted molar refractivity (Wildman–Crippen MR) is 105 cm³/mol. The van der Waals surface area contributed by atoms with E-state index in [1.807, 2.05) is 0 Å². The molecule has 7 nitrogen and oxygen atoms in total. The summed E-state index contributed by atoms with van der Waals surface area (Å²) in [6, 6.07) is 3.21. The Kier molecular flexibility index (Phi) is 5.00. The lowest BCUT2D eigenvalue weighted by molar-refractivity contribution is -0.137. The Hall–Kier alpha value is -3.30. The monoisotopic (exact) mass is 419 g/mol. The molecule has 0 aliphatic heterocycles. The molecule has 1 aliphatic rings. The fourth-order valence-corrected chi connectivity index (χ4v) is 3.87. The van der Waals surface area contributed by atoms with Crippen LogP contribution in [0.25, 0.3) is 11.0 Å². The molecule has 1 atom stereocenters. The summed E-state index contributed by atoms with van der Waals surface area (Å²) < 4.78 is 44.8. The third-order valence-electron chi connectivity index (χ3n) is 5.37. The van der Waals surface area contributed by atoms with E-state index in [1.165, 1.54) is 19.5 Å². The normalized spacial score (nSPS) is 16.2. The second-order valence-electron chi connectivity index (χ2n) is 7.12. The van der Waals surface area contributed by atoms with Crippen LogP contribution in [0.1, 0.15) is 23.2 Å². The van der Waals surface area contributed by atoms with E-state index in [0.717, 1.165) is 23.4 Å². The summed E-state index contributed by atoms with van der Waals surface area (Å²) in [4.78, 5) is 23.9. The largest absolute Gasteiger partial charge is 0.495 e. The highest BCUT2D eigenvalue weighted by atomic mass is 19.4. The highest BCUT2D eigenvalue weighted by molar-refractivity contribution is 5.94. The SMILES string of the molecule is CNC(=O)[C@H]1CCc2[nH]c3ncnc(Nc4cc(C(F)(F)F)ccc4OC)c3c2C1. The van der Waals surface area contributed by atoms with E-state index >= 15 is 0 Å². The number of nitrogens with zero attached hydrogens (tertiary/aromatic N) is 2. The molecule has 0 spiro atoms. The van der Waals surface area contributed by atoms with Crippen LogP contribution in [-0.2, 0) is 23.8 Å². The van der Waals surface area contributed by atoms with E-state index in [9.17, 15) is 18.0 Å². The lowest BCUT2D eigenvalue weighted by Crippen LogP contribution is -2.31. The first kappa shape index (κ1) is 20.0. The topological polar surface area (TPSA) is 91.9 Å². The zero-order valence-electron chi connectivity index (χ0n) is 16.4. The number of aryl methyl sites for hydroxylation is 1. The first-order chi connectivity index (χ1) is 14.3. The maximum atomic E-state index is 13.2. The van der Waals surface area contributed by atoms with Crippen LogP contribution >= 0.6 is 0 Å². The van der Waals surface area contributed by atoms with Gasteiger partial charge in [0.2, 0.25) is 5.91 Å². The average molecular weight is 419 g/mol. The number of aromatic amines is 1.